The quantitative estimate of drug-likeness (QED) is 0.472. The zero-order valence-electron chi connectivity index (χ0n) is 10.1. The average Bonchev–Trinajstić information content (AvgIpc) is 2.44. The number of Topliss-reactive ketones (excluding diaryl/α,β-unsaturated/α-hetero) is 1. The first kappa shape index (κ1) is 12.1. The highest BCUT2D eigenvalue weighted by Crippen LogP contribution is 2.28. The molecule has 2 aromatic rings. The lowest BCUT2D eigenvalue weighted by atomic mass is 10.0. The van der Waals surface area contributed by atoms with E-state index < -0.39 is 11.8 Å². The molecule has 2 aromatic carbocycles. The minimum Gasteiger partial charge on any atom is -0.496 e. The van der Waals surface area contributed by atoms with Gasteiger partial charge in [0.2, 0.25) is 0 Å². The Morgan fingerprint density at radius 1 is 0.944 bits per heavy atom. The van der Waals surface area contributed by atoms with E-state index in [0.29, 0.717) is 16.7 Å². The van der Waals surface area contributed by atoms with Crippen molar-refractivity contribution in [2.75, 3.05) is 14.2 Å². The van der Waals surface area contributed by atoms with Crippen molar-refractivity contribution in [3.63, 3.8) is 0 Å². The van der Waals surface area contributed by atoms with E-state index in [2.05, 4.69) is 4.74 Å². The molecule has 0 bridgehead atoms. The normalized spacial score (nSPS) is 10.1. The number of benzene rings is 2. The maximum atomic E-state index is 11.9. The second-order valence-electron chi connectivity index (χ2n) is 3.68. The highest BCUT2D eigenvalue weighted by Gasteiger charge is 2.20. The summed E-state index contributed by atoms with van der Waals surface area (Å²) in [7, 11) is 2.75. The van der Waals surface area contributed by atoms with Crippen molar-refractivity contribution in [3.8, 4) is 5.75 Å². The van der Waals surface area contributed by atoms with Crippen LogP contribution in [-0.2, 0) is 9.53 Å². The van der Waals surface area contributed by atoms with Crippen molar-refractivity contribution in [3.05, 3.63) is 42.0 Å². The summed E-state index contributed by atoms with van der Waals surface area (Å²) in [5.74, 6) is -0.867. The average molecular weight is 244 g/mol. The first-order valence-electron chi connectivity index (χ1n) is 5.37. The van der Waals surface area contributed by atoms with Gasteiger partial charge in [0, 0.05) is 10.9 Å². The van der Waals surface area contributed by atoms with Gasteiger partial charge in [-0.25, -0.2) is 4.79 Å². The number of hydrogen-bond donors (Lipinski definition) is 0. The maximum Gasteiger partial charge on any atom is 0.379 e. The van der Waals surface area contributed by atoms with Crippen LogP contribution >= 0.6 is 0 Å². The number of fused-ring (bicyclic) bond motifs is 1. The van der Waals surface area contributed by atoms with Gasteiger partial charge in [-0.05, 0) is 17.5 Å². The van der Waals surface area contributed by atoms with Crippen LogP contribution < -0.4 is 4.74 Å². The van der Waals surface area contributed by atoms with Gasteiger partial charge in [0.15, 0.2) is 0 Å². The largest absolute Gasteiger partial charge is 0.496 e. The summed E-state index contributed by atoms with van der Waals surface area (Å²) in [5.41, 5.74) is 0.318. The molecule has 2 rings (SSSR count). The highest BCUT2D eigenvalue weighted by atomic mass is 16.5. The molecule has 0 saturated carbocycles. The van der Waals surface area contributed by atoms with Crippen LogP contribution in [0, 0.1) is 0 Å². The van der Waals surface area contributed by atoms with Crippen LogP contribution in [0.3, 0.4) is 0 Å². The molecule has 0 unspecified atom stereocenters. The third-order valence-electron chi connectivity index (χ3n) is 2.72. The van der Waals surface area contributed by atoms with Crippen molar-refractivity contribution in [1.29, 1.82) is 0 Å². The molecule has 0 atom stereocenters. The standard InChI is InChI=1S/C14H12O4/c1-17-12-8-7-11(13(15)14(16)18-2)9-5-3-4-6-10(9)12/h3-8H,1-2H3. The number of methoxy groups -OCH3 is 2. The number of rotatable bonds is 3. The molecule has 4 nitrogen and oxygen atoms in total. The molecule has 0 aromatic heterocycles. The van der Waals surface area contributed by atoms with Crippen molar-refractivity contribution in [2.24, 2.45) is 0 Å². The fraction of sp³-hybridized carbons (Fsp3) is 0.143. The summed E-state index contributed by atoms with van der Waals surface area (Å²) in [6.45, 7) is 0. The van der Waals surface area contributed by atoms with Crippen LogP contribution in [0.2, 0.25) is 0 Å². The molecule has 0 saturated heterocycles. The monoisotopic (exact) mass is 244 g/mol. The zero-order valence-corrected chi connectivity index (χ0v) is 10.1. The first-order chi connectivity index (χ1) is 8.69. The Morgan fingerprint density at radius 3 is 2.22 bits per heavy atom. The van der Waals surface area contributed by atoms with E-state index in [1.807, 2.05) is 12.1 Å². The molecule has 0 radical (unpaired) electrons. The number of esters is 1. The molecule has 0 aliphatic carbocycles. The van der Waals surface area contributed by atoms with E-state index >= 15 is 0 Å². The summed E-state index contributed by atoms with van der Waals surface area (Å²) in [4.78, 5) is 23.2. The molecule has 0 aliphatic rings. The second-order valence-corrected chi connectivity index (χ2v) is 3.68. The van der Waals surface area contributed by atoms with Crippen molar-refractivity contribution >= 4 is 22.5 Å². The van der Waals surface area contributed by atoms with Gasteiger partial charge in [-0.1, -0.05) is 24.3 Å². The highest BCUT2D eigenvalue weighted by molar-refractivity contribution is 6.43. The van der Waals surface area contributed by atoms with Crippen molar-refractivity contribution < 1.29 is 19.1 Å². The Labute approximate surface area is 104 Å². The summed E-state index contributed by atoms with van der Waals surface area (Å²) < 4.78 is 9.67. The first-order valence-corrected chi connectivity index (χ1v) is 5.37. The Hall–Kier alpha value is -2.36. The fourth-order valence-electron chi connectivity index (χ4n) is 1.85. The molecule has 0 amide bonds. The molecule has 0 spiro atoms. The fourth-order valence-corrected chi connectivity index (χ4v) is 1.85. The lowest BCUT2D eigenvalue weighted by molar-refractivity contribution is -0.135. The third-order valence-corrected chi connectivity index (χ3v) is 2.72. The van der Waals surface area contributed by atoms with Gasteiger partial charge in [-0.15, -0.1) is 0 Å². The molecule has 0 fully saturated rings. The molecular weight excluding hydrogens is 232 g/mol. The van der Waals surface area contributed by atoms with Crippen molar-refractivity contribution in [1.82, 2.24) is 0 Å². The van der Waals surface area contributed by atoms with Crippen molar-refractivity contribution in [2.45, 2.75) is 0 Å². The van der Waals surface area contributed by atoms with E-state index in [1.165, 1.54) is 7.11 Å². The van der Waals surface area contributed by atoms with Gasteiger partial charge in [0.05, 0.1) is 14.2 Å². The van der Waals surface area contributed by atoms with E-state index in [9.17, 15) is 9.59 Å². The number of hydrogen-bond acceptors (Lipinski definition) is 4. The second kappa shape index (κ2) is 4.87. The Balaban J connectivity index is 2.67. The van der Waals surface area contributed by atoms with E-state index in [-0.39, 0.29) is 0 Å². The molecular formula is C14H12O4. The zero-order chi connectivity index (χ0) is 13.1. The van der Waals surface area contributed by atoms with Crippen LogP contribution in [0.1, 0.15) is 10.4 Å². The predicted molar refractivity (Wildman–Crippen MR) is 66.8 cm³/mol. The lowest BCUT2D eigenvalue weighted by Gasteiger charge is -2.08. The van der Waals surface area contributed by atoms with Gasteiger partial charge in [-0.2, -0.15) is 0 Å². The van der Waals surface area contributed by atoms with Crippen LogP contribution in [0.4, 0.5) is 0 Å². The van der Waals surface area contributed by atoms with Gasteiger partial charge in [-0.3, -0.25) is 4.79 Å². The minimum absolute atomic E-state index is 0.318. The predicted octanol–water partition coefficient (Wildman–Crippen LogP) is 2.20. The number of ketones is 1. The molecule has 4 heteroatoms. The SMILES string of the molecule is COC(=O)C(=O)c1ccc(OC)c2ccccc12. The van der Waals surface area contributed by atoms with Gasteiger partial charge < -0.3 is 9.47 Å². The molecule has 0 heterocycles. The molecule has 92 valence electrons. The van der Waals surface area contributed by atoms with Crippen LogP contribution in [-0.4, -0.2) is 26.0 Å². The van der Waals surface area contributed by atoms with Gasteiger partial charge in [0.1, 0.15) is 5.75 Å². The van der Waals surface area contributed by atoms with E-state index in [4.69, 9.17) is 4.74 Å². The van der Waals surface area contributed by atoms with Gasteiger partial charge >= 0.3 is 5.97 Å². The number of carbonyl (C=O) groups excluding carboxylic acids is 2. The van der Waals surface area contributed by atoms with E-state index in [0.717, 1.165) is 5.39 Å². The Kier molecular flexibility index (Phi) is 3.28. The third kappa shape index (κ3) is 1.93. The summed E-state index contributed by atoms with van der Waals surface area (Å²) >= 11 is 0. The van der Waals surface area contributed by atoms with Crippen LogP contribution in [0.15, 0.2) is 36.4 Å². The molecule has 18 heavy (non-hydrogen) atoms. The summed E-state index contributed by atoms with van der Waals surface area (Å²) in [5, 5.41) is 1.46. The maximum absolute atomic E-state index is 11.9. The Bertz CT molecular complexity index is 616. The smallest absolute Gasteiger partial charge is 0.379 e. The number of ether oxygens (including phenoxy) is 2. The molecule has 0 aliphatic heterocycles. The summed E-state index contributed by atoms with van der Waals surface area (Å²) in [6, 6.07) is 10.5. The van der Waals surface area contributed by atoms with E-state index in [1.54, 1.807) is 31.4 Å². The topological polar surface area (TPSA) is 52.6 Å². The lowest BCUT2D eigenvalue weighted by Crippen LogP contribution is -2.16. The van der Waals surface area contributed by atoms with Crippen LogP contribution in [0.25, 0.3) is 10.8 Å². The summed E-state index contributed by atoms with van der Waals surface area (Å²) in [6.07, 6.45) is 0. The Morgan fingerprint density at radius 2 is 1.61 bits per heavy atom. The van der Waals surface area contributed by atoms with Crippen LogP contribution in [0.5, 0.6) is 5.75 Å². The minimum atomic E-state index is -0.870. The molecule has 0 N–H and O–H groups in total. The van der Waals surface area contributed by atoms with Gasteiger partial charge in [0.25, 0.3) is 5.78 Å². The number of carbonyl (C=O) groups is 2.